The molecule has 144 valence electrons. The zero-order chi connectivity index (χ0) is 19.4. The number of hydrogen-bond donors (Lipinski definition) is 0. The zero-order valence-corrected chi connectivity index (χ0v) is 16.0. The molecule has 7 nitrogen and oxygen atoms in total. The molecule has 1 fully saturated rings. The van der Waals surface area contributed by atoms with Gasteiger partial charge < -0.3 is 4.90 Å². The number of piperazine rings is 1. The number of nitro benzene ring substituents is 1. The van der Waals surface area contributed by atoms with Gasteiger partial charge in [-0.15, -0.1) is 0 Å². The minimum Gasteiger partial charge on any atom is -0.369 e. The van der Waals surface area contributed by atoms with Gasteiger partial charge in [-0.25, -0.2) is 8.42 Å². The molecule has 1 heterocycles. The van der Waals surface area contributed by atoms with Crippen LogP contribution >= 0.6 is 0 Å². The van der Waals surface area contributed by atoms with E-state index >= 15 is 0 Å². The molecule has 0 N–H and O–H groups in total. The van der Waals surface area contributed by atoms with Gasteiger partial charge in [0.1, 0.15) is 0 Å². The van der Waals surface area contributed by atoms with Crippen molar-refractivity contribution in [1.82, 2.24) is 4.90 Å². The average molecular weight is 389 g/mol. The van der Waals surface area contributed by atoms with Crippen molar-refractivity contribution in [2.75, 3.05) is 36.8 Å². The number of non-ortho nitro benzene ring substituents is 1. The summed E-state index contributed by atoms with van der Waals surface area (Å²) in [7, 11) is -3.31. The van der Waals surface area contributed by atoms with E-state index in [0.29, 0.717) is 4.90 Å². The molecule has 0 aromatic heterocycles. The predicted octanol–water partition coefficient (Wildman–Crippen LogP) is 2.58. The van der Waals surface area contributed by atoms with Crippen LogP contribution < -0.4 is 4.90 Å². The standard InChI is InChI=1S/C19H23N3O4S/c1-16(15-27(25,26)19-5-3-2-4-6-19)20-11-13-21(14-12-20)17-7-9-18(10-8-17)22(23)24/h2-10,16H,11-15H2,1H3. The first-order valence-corrected chi connectivity index (χ1v) is 10.5. The number of anilines is 1. The Balaban J connectivity index is 1.58. The van der Waals surface area contributed by atoms with E-state index in [0.717, 1.165) is 31.9 Å². The molecule has 0 bridgehead atoms. The summed E-state index contributed by atoms with van der Waals surface area (Å²) in [5, 5.41) is 10.8. The van der Waals surface area contributed by atoms with E-state index in [1.54, 1.807) is 42.5 Å². The fourth-order valence-corrected chi connectivity index (χ4v) is 4.96. The lowest BCUT2D eigenvalue weighted by Crippen LogP contribution is -2.51. The number of hydrogen-bond acceptors (Lipinski definition) is 6. The van der Waals surface area contributed by atoms with Gasteiger partial charge in [-0.2, -0.15) is 0 Å². The SMILES string of the molecule is CC(CS(=O)(=O)c1ccccc1)N1CCN(c2ccc([N+](=O)[O-])cc2)CC1. The van der Waals surface area contributed by atoms with Crippen LogP contribution in [0.3, 0.4) is 0 Å². The predicted molar refractivity (Wildman–Crippen MR) is 105 cm³/mol. The van der Waals surface area contributed by atoms with E-state index in [4.69, 9.17) is 0 Å². The highest BCUT2D eigenvalue weighted by molar-refractivity contribution is 7.91. The molecule has 0 saturated carbocycles. The van der Waals surface area contributed by atoms with Crippen LogP contribution in [0.5, 0.6) is 0 Å². The Morgan fingerprint density at radius 3 is 2.15 bits per heavy atom. The van der Waals surface area contributed by atoms with Gasteiger partial charge in [0.05, 0.1) is 15.6 Å². The van der Waals surface area contributed by atoms with Gasteiger partial charge in [0.25, 0.3) is 5.69 Å². The highest BCUT2D eigenvalue weighted by Gasteiger charge is 2.26. The molecule has 1 aliphatic heterocycles. The highest BCUT2D eigenvalue weighted by Crippen LogP contribution is 2.22. The van der Waals surface area contributed by atoms with Crippen LogP contribution in [0, 0.1) is 10.1 Å². The third-order valence-corrected chi connectivity index (χ3v) is 6.84. The van der Waals surface area contributed by atoms with E-state index < -0.39 is 14.8 Å². The second kappa shape index (κ2) is 8.06. The Bertz CT molecular complexity index is 877. The summed E-state index contributed by atoms with van der Waals surface area (Å²) in [4.78, 5) is 15.1. The lowest BCUT2D eigenvalue weighted by molar-refractivity contribution is -0.384. The molecule has 3 rings (SSSR count). The number of nitrogens with zero attached hydrogens (tertiary/aromatic N) is 3. The van der Waals surface area contributed by atoms with Crippen LogP contribution in [0.15, 0.2) is 59.5 Å². The second-order valence-corrected chi connectivity index (χ2v) is 8.77. The fourth-order valence-electron chi connectivity index (χ4n) is 3.35. The summed E-state index contributed by atoms with van der Waals surface area (Å²) in [6, 6.07) is 15.0. The molecule has 2 aromatic rings. The van der Waals surface area contributed by atoms with E-state index in [-0.39, 0.29) is 17.5 Å². The number of sulfone groups is 1. The van der Waals surface area contributed by atoms with Crippen molar-refractivity contribution < 1.29 is 13.3 Å². The minimum atomic E-state index is -3.31. The quantitative estimate of drug-likeness (QED) is 0.558. The zero-order valence-electron chi connectivity index (χ0n) is 15.2. The monoisotopic (exact) mass is 389 g/mol. The Kier molecular flexibility index (Phi) is 5.76. The van der Waals surface area contributed by atoms with Crippen molar-refractivity contribution in [1.29, 1.82) is 0 Å². The number of rotatable bonds is 6. The molecule has 2 aromatic carbocycles. The maximum absolute atomic E-state index is 12.6. The van der Waals surface area contributed by atoms with Gasteiger partial charge in [-0.3, -0.25) is 15.0 Å². The van der Waals surface area contributed by atoms with E-state index in [2.05, 4.69) is 9.80 Å². The van der Waals surface area contributed by atoms with Crippen LogP contribution in [-0.4, -0.2) is 56.2 Å². The number of benzene rings is 2. The molecule has 0 spiro atoms. The molecule has 0 radical (unpaired) electrons. The lowest BCUT2D eigenvalue weighted by Gasteiger charge is -2.39. The Morgan fingerprint density at radius 1 is 1.00 bits per heavy atom. The molecule has 1 atom stereocenters. The summed E-state index contributed by atoms with van der Waals surface area (Å²) >= 11 is 0. The van der Waals surface area contributed by atoms with Gasteiger partial charge in [0.2, 0.25) is 0 Å². The third-order valence-electron chi connectivity index (χ3n) is 4.93. The molecule has 0 amide bonds. The van der Waals surface area contributed by atoms with Gasteiger partial charge >= 0.3 is 0 Å². The van der Waals surface area contributed by atoms with Gasteiger partial charge in [0.15, 0.2) is 9.84 Å². The van der Waals surface area contributed by atoms with Crippen LogP contribution in [0.2, 0.25) is 0 Å². The van der Waals surface area contributed by atoms with E-state index in [9.17, 15) is 18.5 Å². The van der Waals surface area contributed by atoms with Crippen LogP contribution in [0.4, 0.5) is 11.4 Å². The van der Waals surface area contributed by atoms with Gasteiger partial charge in [-0.1, -0.05) is 18.2 Å². The maximum atomic E-state index is 12.6. The molecule has 0 aliphatic carbocycles. The summed E-state index contributed by atoms with van der Waals surface area (Å²) in [6.45, 7) is 4.97. The van der Waals surface area contributed by atoms with E-state index in [1.165, 1.54) is 12.1 Å². The fraction of sp³-hybridized carbons (Fsp3) is 0.368. The van der Waals surface area contributed by atoms with Crippen LogP contribution in [-0.2, 0) is 9.84 Å². The first-order chi connectivity index (χ1) is 12.9. The second-order valence-electron chi connectivity index (χ2n) is 6.74. The van der Waals surface area contributed by atoms with Gasteiger partial charge in [-0.05, 0) is 31.2 Å². The Labute approximate surface area is 159 Å². The highest BCUT2D eigenvalue weighted by atomic mass is 32.2. The van der Waals surface area contributed by atoms with Crippen molar-refractivity contribution in [3.05, 3.63) is 64.7 Å². The summed E-state index contributed by atoms with van der Waals surface area (Å²) in [5.74, 6) is 0.0918. The van der Waals surface area contributed by atoms with Crippen molar-refractivity contribution in [2.45, 2.75) is 17.9 Å². The Hall–Kier alpha value is -2.45. The average Bonchev–Trinajstić information content (AvgIpc) is 2.68. The molecular weight excluding hydrogens is 366 g/mol. The van der Waals surface area contributed by atoms with Crippen LogP contribution in [0.1, 0.15) is 6.92 Å². The van der Waals surface area contributed by atoms with Crippen molar-refractivity contribution >= 4 is 21.2 Å². The first-order valence-electron chi connectivity index (χ1n) is 8.88. The van der Waals surface area contributed by atoms with Gasteiger partial charge in [0, 0.05) is 50.0 Å². The third kappa shape index (κ3) is 4.64. The molecule has 27 heavy (non-hydrogen) atoms. The van der Waals surface area contributed by atoms with E-state index in [1.807, 2.05) is 6.92 Å². The Morgan fingerprint density at radius 2 is 1.59 bits per heavy atom. The minimum absolute atomic E-state index is 0.0748. The smallest absolute Gasteiger partial charge is 0.269 e. The summed E-state index contributed by atoms with van der Waals surface area (Å²) in [5.41, 5.74) is 1.03. The lowest BCUT2D eigenvalue weighted by atomic mass is 10.2. The topological polar surface area (TPSA) is 83.8 Å². The van der Waals surface area contributed by atoms with Crippen LogP contribution in [0.25, 0.3) is 0 Å². The molecule has 8 heteroatoms. The molecule has 1 aliphatic rings. The van der Waals surface area contributed by atoms with Crippen molar-refractivity contribution in [2.24, 2.45) is 0 Å². The number of nitro groups is 1. The largest absolute Gasteiger partial charge is 0.369 e. The summed E-state index contributed by atoms with van der Waals surface area (Å²) < 4.78 is 25.1. The molecule has 1 unspecified atom stereocenters. The van der Waals surface area contributed by atoms with Crippen molar-refractivity contribution in [3.8, 4) is 0 Å². The molecule has 1 saturated heterocycles. The summed E-state index contributed by atoms with van der Waals surface area (Å²) in [6.07, 6.45) is 0. The normalized spacial score (nSPS) is 16.9. The maximum Gasteiger partial charge on any atom is 0.269 e. The first kappa shape index (κ1) is 19.3. The molecular formula is C19H23N3O4S. The van der Waals surface area contributed by atoms with Crippen molar-refractivity contribution in [3.63, 3.8) is 0 Å².